The first-order valence-electron chi connectivity index (χ1n) is 7.51. The molecule has 0 saturated carbocycles. The Kier molecular flexibility index (Phi) is 4.71. The van der Waals surface area contributed by atoms with Crippen molar-refractivity contribution >= 4 is 5.69 Å². The van der Waals surface area contributed by atoms with Crippen molar-refractivity contribution in [2.75, 3.05) is 5.32 Å². The van der Waals surface area contributed by atoms with Crippen LogP contribution in [0, 0.1) is 6.92 Å². The normalized spacial score (nSPS) is 13.7. The molecule has 23 heavy (non-hydrogen) atoms. The maximum absolute atomic E-state index is 14.3. The van der Waals surface area contributed by atoms with Crippen LogP contribution in [0.15, 0.2) is 42.6 Å². The first kappa shape index (κ1) is 17.3. The number of pyridine rings is 1. The molecule has 0 aliphatic carbocycles. The molecule has 5 heteroatoms. The van der Waals surface area contributed by atoms with E-state index in [0.29, 0.717) is 0 Å². The van der Waals surface area contributed by atoms with Crippen LogP contribution in [0.1, 0.15) is 43.6 Å². The second-order valence-electron chi connectivity index (χ2n) is 6.31. The van der Waals surface area contributed by atoms with Gasteiger partial charge in [0, 0.05) is 29.2 Å². The minimum absolute atomic E-state index is 0.158. The number of benzene rings is 1. The Labute approximate surface area is 135 Å². The van der Waals surface area contributed by atoms with Gasteiger partial charge in [-0.15, -0.1) is 0 Å². The fourth-order valence-electron chi connectivity index (χ4n) is 2.33. The van der Waals surface area contributed by atoms with Gasteiger partial charge in [0.1, 0.15) is 5.60 Å². The molecule has 1 aromatic carbocycles. The van der Waals surface area contributed by atoms with Crippen LogP contribution in [-0.4, -0.2) is 15.7 Å². The third-order valence-electron chi connectivity index (χ3n) is 3.80. The first-order chi connectivity index (χ1) is 10.6. The number of nitrogens with one attached hydrogen (secondary N) is 1. The van der Waals surface area contributed by atoms with Crippen LogP contribution in [0.3, 0.4) is 0 Å². The van der Waals surface area contributed by atoms with Crippen LogP contribution in [0.5, 0.6) is 0 Å². The molecule has 0 saturated heterocycles. The van der Waals surface area contributed by atoms with Gasteiger partial charge in [0.05, 0.1) is 0 Å². The monoisotopic (exact) mass is 320 g/mol. The summed E-state index contributed by atoms with van der Waals surface area (Å²) in [6.45, 7) is 6.01. The van der Waals surface area contributed by atoms with Crippen LogP contribution < -0.4 is 5.32 Å². The fourth-order valence-corrected chi connectivity index (χ4v) is 2.33. The van der Waals surface area contributed by atoms with Gasteiger partial charge in [-0.1, -0.05) is 18.2 Å². The molecule has 0 aliphatic rings. The number of hydrogen-bond acceptors (Lipinski definition) is 3. The third-order valence-corrected chi connectivity index (χ3v) is 3.80. The molecule has 0 aliphatic heterocycles. The lowest BCUT2D eigenvalue weighted by atomic mass is 9.91. The van der Waals surface area contributed by atoms with Gasteiger partial charge in [-0.25, -0.2) is 0 Å². The average molecular weight is 320 g/mol. The van der Waals surface area contributed by atoms with E-state index in [1.807, 2.05) is 26.0 Å². The number of anilines is 1. The van der Waals surface area contributed by atoms with E-state index in [9.17, 15) is 13.9 Å². The Morgan fingerprint density at radius 3 is 2.48 bits per heavy atom. The van der Waals surface area contributed by atoms with E-state index in [-0.39, 0.29) is 11.6 Å². The van der Waals surface area contributed by atoms with Crippen molar-refractivity contribution in [1.29, 1.82) is 0 Å². The maximum atomic E-state index is 14.3. The molecule has 1 atom stereocenters. The largest absolute Gasteiger partial charge is 0.384 e. The van der Waals surface area contributed by atoms with Gasteiger partial charge >= 0.3 is 5.92 Å². The lowest BCUT2D eigenvalue weighted by Crippen LogP contribution is -2.40. The second kappa shape index (κ2) is 6.24. The van der Waals surface area contributed by atoms with Gasteiger partial charge < -0.3 is 10.4 Å². The number of halogens is 2. The zero-order valence-electron chi connectivity index (χ0n) is 13.8. The highest BCUT2D eigenvalue weighted by Gasteiger charge is 2.47. The number of aryl methyl sites for hydroxylation is 1. The molecular formula is C18H22F2N2O. The van der Waals surface area contributed by atoms with E-state index < -0.39 is 11.5 Å². The van der Waals surface area contributed by atoms with Crippen molar-refractivity contribution in [3.8, 4) is 0 Å². The zero-order chi connectivity index (χ0) is 17.3. The Balaban J connectivity index is 2.26. The fraction of sp³-hybridized carbons (Fsp3) is 0.389. The number of nitrogens with zero attached hydrogens (tertiary/aromatic N) is 1. The second-order valence-corrected chi connectivity index (χ2v) is 6.31. The summed E-state index contributed by atoms with van der Waals surface area (Å²) in [5, 5.41) is 13.0. The Morgan fingerprint density at radius 1 is 1.17 bits per heavy atom. The lowest BCUT2D eigenvalue weighted by Gasteiger charge is -2.30. The number of hydrogen-bond donors (Lipinski definition) is 2. The van der Waals surface area contributed by atoms with Gasteiger partial charge in [0.25, 0.3) is 0 Å². The molecule has 1 unspecified atom stereocenters. The number of aliphatic hydroxyl groups is 1. The molecular weight excluding hydrogens is 298 g/mol. The Bertz CT molecular complexity index is 681. The topological polar surface area (TPSA) is 45.1 Å². The van der Waals surface area contributed by atoms with E-state index in [4.69, 9.17) is 0 Å². The standard InChI is InChI=1S/C18H22F2N2O/c1-12-10-16(8-9-21-12)22-13(2)14-6-5-7-15(11-14)18(19,20)17(3,4)23/h5-11,13,23H,1-4H3,(H,21,22). The summed E-state index contributed by atoms with van der Waals surface area (Å²) < 4.78 is 28.6. The summed E-state index contributed by atoms with van der Waals surface area (Å²) >= 11 is 0. The van der Waals surface area contributed by atoms with Crippen molar-refractivity contribution in [2.24, 2.45) is 0 Å². The third kappa shape index (κ3) is 3.85. The van der Waals surface area contributed by atoms with Crippen molar-refractivity contribution in [2.45, 2.75) is 45.3 Å². The van der Waals surface area contributed by atoms with Gasteiger partial charge in [0.15, 0.2) is 0 Å². The lowest BCUT2D eigenvalue weighted by molar-refractivity contribution is -0.168. The average Bonchev–Trinajstić information content (AvgIpc) is 2.46. The molecule has 1 heterocycles. The van der Waals surface area contributed by atoms with Crippen LogP contribution in [-0.2, 0) is 5.92 Å². The van der Waals surface area contributed by atoms with E-state index in [1.165, 1.54) is 12.1 Å². The van der Waals surface area contributed by atoms with Crippen LogP contribution >= 0.6 is 0 Å². The Hall–Kier alpha value is -2.01. The van der Waals surface area contributed by atoms with E-state index in [1.54, 1.807) is 18.3 Å². The highest BCUT2D eigenvalue weighted by atomic mass is 19.3. The van der Waals surface area contributed by atoms with Crippen LogP contribution in [0.25, 0.3) is 0 Å². The SMILES string of the molecule is Cc1cc(NC(C)c2cccc(C(F)(F)C(C)(C)O)c2)ccn1. The summed E-state index contributed by atoms with van der Waals surface area (Å²) in [5.41, 5.74) is 0.168. The van der Waals surface area contributed by atoms with Crippen LogP contribution in [0.2, 0.25) is 0 Å². The van der Waals surface area contributed by atoms with Crippen LogP contribution in [0.4, 0.5) is 14.5 Å². The minimum Gasteiger partial charge on any atom is -0.384 e. The molecule has 2 N–H and O–H groups in total. The minimum atomic E-state index is -3.32. The van der Waals surface area contributed by atoms with Crippen molar-refractivity contribution in [1.82, 2.24) is 4.98 Å². The smallest absolute Gasteiger partial charge is 0.300 e. The molecule has 3 nitrogen and oxygen atoms in total. The Morgan fingerprint density at radius 2 is 1.87 bits per heavy atom. The van der Waals surface area contributed by atoms with E-state index >= 15 is 0 Å². The number of aromatic nitrogens is 1. The predicted molar refractivity (Wildman–Crippen MR) is 87.6 cm³/mol. The van der Waals surface area contributed by atoms with Crippen molar-refractivity contribution in [3.63, 3.8) is 0 Å². The number of rotatable bonds is 5. The molecule has 0 spiro atoms. The van der Waals surface area contributed by atoms with Gasteiger partial charge in [-0.05, 0) is 51.5 Å². The quantitative estimate of drug-likeness (QED) is 0.857. The van der Waals surface area contributed by atoms with Gasteiger partial charge in [-0.2, -0.15) is 8.78 Å². The van der Waals surface area contributed by atoms with Gasteiger partial charge in [0.2, 0.25) is 0 Å². The molecule has 0 fully saturated rings. The molecule has 124 valence electrons. The molecule has 2 aromatic rings. The summed E-state index contributed by atoms with van der Waals surface area (Å²) in [6.07, 6.45) is 1.70. The number of alkyl halides is 2. The van der Waals surface area contributed by atoms with Gasteiger partial charge in [-0.3, -0.25) is 4.98 Å². The zero-order valence-corrected chi connectivity index (χ0v) is 13.8. The van der Waals surface area contributed by atoms with Crippen molar-refractivity contribution < 1.29 is 13.9 Å². The van der Waals surface area contributed by atoms with E-state index in [2.05, 4.69) is 10.3 Å². The van der Waals surface area contributed by atoms with E-state index in [0.717, 1.165) is 30.8 Å². The first-order valence-corrected chi connectivity index (χ1v) is 7.51. The molecule has 0 bridgehead atoms. The highest BCUT2D eigenvalue weighted by Crippen LogP contribution is 2.39. The summed E-state index contributed by atoms with van der Waals surface area (Å²) in [7, 11) is 0. The highest BCUT2D eigenvalue weighted by molar-refractivity contribution is 5.46. The summed E-state index contributed by atoms with van der Waals surface area (Å²) in [5.74, 6) is -3.32. The summed E-state index contributed by atoms with van der Waals surface area (Å²) in [6, 6.07) is 9.71. The molecule has 0 amide bonds. The molecule has 2 rings (SSSR count). The maximum Gasteiger partial charge on any atom is 0.300 e. The molecule has 1 aromatic heterocycles. The summed E-state index contributed by atoms with van der Waals surface area (Å²) in [4.78, 5) is 4.13. The predicted octanol–water partition coefficient (Wildman–Crippen LogP) is 4.43. The molecule has 0 radical (unpaired) electrons. The van der Waals surface area contributed by atoms with Crippen molar-refractivity contribution in [3.05, 3.63) is 59.4 Å².